The van der Waals surface area contributed by atoms with Crippen LogP contribution in [0.4, 0.5) is 0 Å². The summed E-state index contributed by atoms with van der Waals surface area (Å²) in [6, 6.07) is 1.91. The molecule has 1 N–H and O–H groups in total. The minimum atomic E-state index is 0.685. The van der Waals surface area contributed by atoms with Crippen molar-refractivity contribution in [2.75, 3.05) is 20.3 Å². The molecule has 0 aromatic heterocycles. The van der Waals surface area contributed by atoms with Crippen molar-refractivity contribution in [2.24, 2.45) is 0 Å². The number of benzene rings is 1. The second kappa shape index (κ2) is 4.72. The first-order chi connectivity index (χ1) is 7.24. The molecule has 0 bridgehead atoms. The summed E-state index contributed by atoms with van der Waals surface area (Å²) in [5, 5.41) is 3.29. The lowest BCUT2D eigenvalue weighted by Crippen LogP contribution is -2.16. The first-order valence-corrected chi connectivity index (χ1v) is 6.21. The minimum absolute atomic E-state index is 0.685. The molecule has 1 aromatic carbocycles. The highest BCUT2D eigenvalue weighted by Gasteiger charge is 2.18. The third kappa shape index (κ3) is 2.14. The van der Waals surface area contributed by atoms with Gasteiger partial charge in [0, 0.05) is 18.7 Å². The molecule has 15 heavy (non-hydrogen) atoms. The van der Waals surface area contributed by atoms with Crippen molar-refractivity contribution in [3.63, 3.8) is 0 Å². The number of hydrogen-bond donors (Lipinski definition) is 1. The molecule has 0 fully saturated rings. The van der Waals surface area contributed by atoms with E-state index in [0.717, 1.165) is 39.1 Å². The Kier molecular flexibility index (Phi) is 3.53. The number of rotatable bonds is 1. The number of nitrogens with one attached hydrogen (secondary N) is 1. The Hall–Kier alpha value is -0.260. The van der Waals surface area contributed by atoms with Crippen molar-refractivity contribution in [3.8, 4) is 11.5 Å². The van der Waals surface area contributed by atoms with Crippen molar-refractivity contribution < 1.29 is 9.47 Å². The molecule has 1 aromatic rings. The maximum absolute atomic E-state index is 5.66. The third-order valence-electron chi connectivity index (χ3n) is 2.28. The molecule has 3 nitrogen and oxygen atoms in total. The van der Waals surface area contributed by atoms with E-state index in [1.165, 1.54) is 0 Å². The Labute approximate surface area is 105 Å². The van der Waals surface area contributed by atoms with Gasteiger partial charge in [0.1, 0.15) is 18.1 Å². The Morgan fingerprint density at radius 1 is 1.47 bits per heavy atom. The molecule has 0 radical (unpaired) electrons. The van der Waals surface area contributed by atoms with E-state index in [4.69, 9.17) is 9.47 Å². The van der Waals surface area contributed by atoms with Crippen LogP contribution in [0, 0.1) is 0 Å². The molecular formula is C10H11Br2NO2. The summed E-state index contributed by atoms with van der Waals surface area (Å²) in [5.41, 5.74) is 1.10. The van der Waals surface area contributed by atoms with Gasteiger partial charge in [0.15, 0.2) is 0 Å². The average molecular weight is 337 g/mol. The first kappa shape index (κ1) is 11.2. The van der Waals surface area contributed by atoms with Crippen molar-refractivity contribution in [1.29, 1.82) is 0 Å². The molecule has 0 atom stereocenters. The predicted octanol–water partition coefficient (Wildman–Crippen LogP) is 2.70. The summed E-state index contributed by atoms with van der Waals surface area (Å²) >= 11 is 7.02. The molecular weight excluding hydrogens is 326 g/mol. The van der Waals surface area contributed by atoms with E-state index in [-0.39, 0.29) is 0 Å². The monoisotopic (exact) mass is 335 g/mol. The SMILES string of the molecule is COc1cc(Br)c2c(c1Br)CNCCO2. The third-order valence-corrected chi connectivity index (χ3v) is 3.74. The van der Waals surface area contributed by atoms with E-state index in [2.05, 4.69) is 37.2 Å². The number of ether oxygens (including phenoxy) is 2. The molecule has 1 heterocycles. The fraction of sp³-hybridized carbons (Fsp3) is 0.400. The minimum Gasteiger partial charge on any atom is -0.496 e. The van der Waals surface area contributed by atoms with Gasteiger partial charge in [-0.15, -0.1) is 0 Å². The van der Waals surface area contributed by atoms with Crippen LogP contribution in [0.2, 0.25) is 0 Å². The van der Waals surface area contributed by atoms with Crippen LogP contribution in [0.5, 0.6) is 11.5 Å². The molecule has 5 heteroatoms. The molecule has 0 amide bonds. The molecule has 0 unspecified atom stereocenters. The van der Waals surface area contributed by atoms with Gasteiger partial charge < -0.3 is 14.8 Å². The molecule has 1 aliphatic rings. The Bertz CT molecular complexity index is 382. The van der Waals surface area contributed by atoms with Gasteiger partial charge >= 0.3 is 0 Å². The largest absolute Gasteiger partial charge is 0.496 e. The maximum atomic E-state index is 5.66. The quantitative estimate of drug-likeness (QED) is 0.855. The highest BCUT2D eigenvalue weighted by Crippen LogP contribution is 2.41. The molecule has 0 aliphatic carbocycles. The number of halogens is 2. The fourth-order valence-corrected chi connectivity index (χ4v) is 2.70. The topological polar surface area (TPSA) is 30.5 Å². The lowest BCUT2D eigenvalue weighted by Gasteiger charge is -2.13. The Morgan fingerprint density at radius 2 is 2.27 bits per heavy atom. The van der Waals surface area contributed by atoms with Crippen LogP contribution < -0.4 is 14.8 Å². The van der Waals surface area contributed by atoms with Crippen molar-refractivity contribution in [1.82, 2.24) is 5.32 Å². The molecule has 82 valence electrons. The standard InChI is InChI=1S/C10H11Br2NO2/c1-14-8-4-7(11)10-6(9(8)12)5-13-2-3-15-10/h4,13H,2-3,5H2,1H3. The normalized spacial score (nSPS) is 15.1. The lowest BCUT2D eigenvalue weighted by atomic mass is 10.2. The Morgan fingerprint density at radius 3 is 3.00 bits per heavy atom. The Balaban J connectivity index is 2.55. The van der Waals surface area contributed by atoms with Crippen LogP contribution >= 0.6 is 31.9 Å². The summed E-state index contributed by atoms with van der Waals surface area (Å²) in [7, 11) is 1.66. The number of hydrogen-bond acceptors (Lipinski definition) is 3. The predicted molar refractivity (Wildman–Crippen MR) is 65.6 cm³/mol. The van der Waals surface area contributed by atoms with Crippen LogP contribution in [0.15, 0.2) is 15.0 Å². The van der Waals surface area contributed by atoms with Gasteiger partial charge in [-0.2, -0.15) is 0 Å². The van der Waals surface area contributed by atoms with E-state index in [1.54, 1.807) is 7.11 Å². The molecule has 0 saturated carbocycles. The molecule has 2 rings (SSSR count). The first-order valence-electron chi connectivity index (χ1n) is 4.62. The van der Waals surface area contributed by atoms with Crippen molar-refractivity contribution >= 4 is 31.9 Å². The highest BCUT2D eigenvalue weighted by atomic mass is 79.9. The maximum Gasteiger partial charge on any atom is 0.139 e. The van der Waals surface area contributed by atoms with Gasteiger partial charge in [-0.3, -0.25) is 0 Å². The van der Waals surface area contributed by atoms with E-state index in [0.29, 0.717) is 6.61 Å². The summed E-state index contributed by atoms with van der Waals surface area (Å²) in [4.78, 5) is 0. The van der Waals surface area contributed by atoms with Gasteiger partial charge in [0.25, 0.3) is 0 Å². The van der Waals surface area contributed by atoms with Crippen LogP contribution in [-0.2, 0) is 6.54 Å². The summed E-state index contributed by atoms with van der Waals surface area (Å²) in [5.74, 6) is 1.71. The summed E-state index contributed by atoms with van der Waals surface area (Å²) < 4.78 is 12.8. The van der Waals surface area contributed by atoms with E-state index in [9.17, 15) is 0 Å². The van der Waals surface area contributed by atoms with Gasteiger partial charge in [0.2, 0.25) is 0 Å². The summed E-state index contributed by atoms with van der Waals surface area (Å²) in [6.45, 7) is 2.33. The highest BCUT2D eigenvalue weighted by molar-refractivity contribution is 9.11. The van der Waals surface area contributed by atoms with E-state index < -0.39 is 0 Å². The van der Waals surface area contributed by atoms with Crippen molar-refractivity contribution in [3.05, 3.63) is 20.6 Å². The number of fused-ring (bicyclic) bond motifs is 1. The second-order valence-electron chi connectivity index (χ2n) is 3.21. The molecule has 0 saturated heterocycles. The van der Waals surface area contributed by atoms with Gasteiger partial charge in [-0.25, -0.2) is 0 Å². The zero-order valence-electron chi connectivity index (χ0n) is 8.27. The van der Waals surface area contributed by atoms with Gasteiger partial charge in [-0.1, -0.05) is 0 Å². The van der Waals surface area contributed by atoms with E-state index in [1.807, 2.05) is 6.07 Å². The zero-order valence-corrected chi connectivity index (χ0v) is 11.4. The fourth-order valence-electron chi connectivity index (χ4n) is 1.54. The van der Waals surface area contributed by atoms with Crippen LogP contribution in [-0.4, -0.2) is 20.3 Å². The molecule has 1 aliphatic heterocycles. The van der Waals surface area contributed by atoms with Gasteiger partial charge in [0.05, 0.1) is 16.1 Å². The van der Waals surface area contributed by atoms with Gasteiger partial charge in [-0.05, 0) is 37.9 Å². The van der Waals surface area contributed by atoms with Crippen LogP contribution in [0.3, 0.4) is 0 Å². The molecule has 0 spiro atoms. The second-order valence-corrected chi connectivity index (χ2v) is 4.85. The lowest BCUT2D eigenvalue weighted by molar-refractivity contribution is 0.323. The average Bonchev–Trinajstić information content (AvgIpc) is 2.49. The summed E-state index contributed by atoms with van der Waals surface area (Å²) in [6.07, 6.45) is 0. The van der Waals surface area contributed by atoms with Crippen LogP contribution in [0.25, 0.3) is 0 Å². The smallest absolute Gasteiger partial charge is 0.139 e. The van der Waals surface area contributed by atoms with E-state index >= 15 is 0 Å². The number of methoxy groups -OCH3 is 1. The van der Waals surface area contributed by atoms with Crippen molar-refractivity contribution in [2.45, 2.75) is 6.54 Å². The van der Waals surface area contributed by atoms with Crippen LogP contribution in [0.1, 0.15) is 5.56 Å². The zero-order chi connectivity index (χ0) is 10.8.